The minimum absolute atomic E-state index is 0.181. The van der Waals surface area contributed by atoms with Crippen LogP contribution in [0.25, 0.3) is 11.5 Å². The highest BCUT2D eigenvalue weighted by atomic mass is 16.4. The van der Waals surface area contributed by atoms with Crippen LogP contribution < -0.4 is 5.32 Å². The number of aliphatic carboxylic acids is 1. The predicted molar refractivity (Wildman–Crippen MR) is 75.3 cm³/mol. The van der Waals surface area contributed by atoms with Crippen molar-refractivity contribution in [3.05, 3.63) is 41.8 Å². The van der Waals surface area contributed by atoms with Crippen LogP contribution in [0.3, 0.4) is 0 Å². The number of rotatable bonds is 7. The van der Waals surface area contributed by atoms with Crippen molar-refractivity contribution in [1.29, 1.82) is 0 Å². The maximum absolute atomic E-state index is 10.4. The molecule has 0 spiro atoms. The molecule has 20 heavy (non-hydrogen) atoms. The first-order valence-corrected chi connectivity index (χ1v) is 6.59. The molecule has 1 aromatic carbocycles. The molecule has 5 nitrogen and oxygen atoms in total. The van der Waals surface area contributed by atoms with E-state index < -0.39 is 5.97 Å². The molecule has 0 radical (unpaired) electrons. The number of aryl methyl sites for hydroxylation is 1. The summed E-state index contributed by atoms with van der Waals surface area (Å²) in [6, 6.07) is 7.99. The zero-order valence-electron chi connectivity index (χ0n) is 11.4. The van der Waals surface area contributed by atoms with Crippen LogP contribution >= 0.6 is 0 Å². The molecule has 2 rings (SSSR count). The Morgan fingerprint density at radius 3 is 2.80 bits per heavy atom. The Morgan fingerprint density at radius 1 is 1.35 bits per heavy atom. The second kappa shape index (κ2) is 6.86. The highest BCUT2D eigenvalue weighted by Gasteiger charge is 2.06. The largest absolute Gasteiger partial charge is 0.481 e. The fourth-order valence-corrected chi connectivity index (χ4v) is 1.80. The maximum atomic E-state index is 10.4. The first-order valence-electron chi connectivity index (χ1n) is 6.59. The number of nitrogens with zero attached hydrogens (tertiary/aromatic N) is 1. The quantitative estimate of drug-likeness (QED) is 0.759. The van der Waals surface area contributed by atoms with E-state index in [9.17, 15) is 4.79 Å². The van der Waals surface area contributed by atoms with Gasteiger partial charge < -0.3 is 14.8 Å². The smallest absolute Gasteiger partial charge is 0.303 e. The molecule has 1 heterocycles. The molecule has 106 valence electrons. The molecule has 0 unspecified atom stereocenters. The lowest BCUT2D eigenvalue weighted by Gasteiger charge is -1.99. The minimum atomic E-state index is -0.769. The van der Waals surface area contributed by atoms with E-state index in [2.05, 4.69) is 10.3 Å². The summed E-state index contributed by atoms with van der Waals surface area (Å²) >= 11 is 0. The first kappa shape index (κ1) is 14.3. The van der Waals surface area contributed by atoms with Gasteiger partial charge in [-0.05, 0) is 32.0 Å². The van der Waals surface area contributed by atoms with Gasteiger partial charge >= 0.3 is 5.97 Å². The summed E-state index contributed by atoms with van der Waals surface area (Å²) in [6.07, 6.45) is 2.41. The lowest BCUT2D eigenvalue weighted by atomic mass is 10.1. The van der Waals surface area contributed by atoms with E-state index in [0.29, 0.717) is 25.4 Å². The zero-order valence-corrected chi connectivity index (χ0v) is 11.4. The molecule has 0 saturated heterocycles. The lowest BCUT2D eigenvalue weighted by molar-refractivity contribution is -0.137. The van der Waals surface area contributed by atoms with Crippen LogP contribution in [0.2, 0.25) is 0 Å². The Balaban J connectivity index is 1.83. The molecule has 0 amide bonds. The van der Waals surface area contributed by atoms with Crippen molar-refractivity contribution in [1.82, 2.24) is 10.3 Å². The van der Waals surface area contributed by atoms with Gasteiger partial charge in [0.05, 0.1) is 5.69 Å². The van der Waals surface area contributed by atoms with Gasteiger partial charge in [-0.1, -0.05) is 17.7 Å². The van der Waals surface area contributed by atoms with Gasteiger partial charge in [0.2, 0.25) is 5.89 Å². The summed E-state index contributed by atoms with van der Waals surface area (Å²) in [4.78, 5) is 14.8. The van der Waals surface area contributed by atoms with Crippen molar-refractivity contribution < 1.29 is 14.3 Å². The SMILES string of the molecule is Cc1ccc(-c2nc(CNCCCC(=O)O)co2)cc1. The minimum Gasteiger partial charge on any atom is -0.481 e. The molecule has 2 aromatic rings. The van der Waals surface area contributed by atoms with Crippen molar-refractivity contribution >= 4 is 5.97 Å². The normalized spacial score (nSPS) is 10.7. The van der Waals surface area contributed by atoms with Crippen molar-refractivity contribution in [3.63, 3.8) is 0 Å². The van der Waals surface area contributed by atoms with E-state index in [1.54, 1.807) is 6.26 Å². The topological polar surface area (TPSA) is 75.4 Å². The number of aromatic nitrogens is 1. The fourth-order valence-electron chi connectivity index (χ4n) is 1.80. The van der Waals surface area contributed by atoms with E-state index >= 15 is 0 Å². The number of carbonyl (C=O) groups is 1. The second-order valence-electron chi connectivity index (χ2n) is 4.68. The van der Waals surface area contributed by atoms with Gasteiger partial charge in [-0.3, -0.25) is 4.79 Å². The Hall–Kier alpha value is -2.14. The highest BCUT2D eigenvalue weighted by Crippen LogP contribution is 2.18. The third-order valence-corrected chi connectivity index (χ3v) is 2.90. The summed E-state index contributed by atoms with van der Waals surface area (Å²) < 4.78 is 5.44. The summed E-state index contributed by atoms with van der Waals surface area (Å²) in [5.41, 5.74) is 2.96. The standard InChI is InChI=1S/C15H18N2O3/c1-11-4-6-12(7-5-11)15-17-13(10-20-15)9-16-8-2-3-14(18)19/h4-7,10,16H,2-3,8-9H2,1H3,(H,18,19). The molecule has 0 aliphatic carbocycles. The molecule has 0 aliphatic rings. The van der Waals surface area contributed by atoms with Crippen LogP contribution in [-0.4, -0.2) is 22.6 Å². The van der Waals surface area contributed by atoms with E-state index in [1.165, 1.54) is 5.56 Å². The summed E-state index contributed by atoms with van der Waals surface area (Å²) in [5, 5.41) is 11.7. The van der Waals surface area contributed by atoms with Crippen LogP contribution in [0.15, 0.2) is 34.9 Å². The van der Waals surface area contributed by atoms with Gasteiger partial charge in [0.1, 0.15) is 6.26 Å². The van der Waals surface area contributed by atoms with Crippen molar-refractivity contribution in [2.24, 2.45) is 0 Å². The average Bonchev–Trinajstić information content (AvgIpc) is 2.87. The number of hydrogen-bond acceptors (Lipinski definition) is 4. The van der Waals surface area contributed by atoms with Crippen LogP contribution in [0, 0.1) is 6.92 Å². The summed E-state index contributed by atoms with van der Waals surface area (Å²) in [7, 11) is 0. The maximum Gasteiger partial charge on any atom is 0.303 e. The molecule has 1 aromatic heterocycles. The fraction of sp³-hybridized carbons (Fsp3) is 0.333. The Labute approximate surface area is 117 Å². The molecule has 0 fully saturated rings. The zero-order chi connectivity index (χ0) is 14.4. The molecular formula is C15H18N2O3. The van der Waals surface area contributed by atoms with Gasteiger partial charge in [-0.15, -0.1) is 0 Å². The number of hydrogen-bond donors (Lipinski definition) is 2. The van der Waals surface area contributed by atoms with Gasteiger partial charge in [-0.25, -0.2) is 4.98 Å². The average molecular weight is 274 g/mol. The third kappa shape index (κ3) is 4.20. The van der Waals surface area contributed by atoms with Crippen LogP contribution in [-0.2, 0) is 11.3 Å². The Bertz CT molecular complexity index is 561. The number of oxazole rings is 1. The monoisotopic (exact) mass is 274 g/mol. The van der Waals surface area contributed by atoms with Crippen LogP contribution in [0.1, 0.15) is 24.1 Å². The van der Waals surface area contributed by atoms with E-state index in [4.69, 9.17) is 9.52 Å². The van der Waals surface area contributed by atoms with Crippen molar-refractivity contribution in [3.8, 4) is 11.5 Å². The van der Waals surface area contributed by atoms with Crippen LogP contribution in [0.5, 0.6) is 0 Å². The van der Waals surface area contributed by atoms with Crippen LogP contribution in [0.4, 0.5) is 0 Å². The second-order valence-corrected chi connectivity index (χ2v) is 4.68. The van der Waals surface area contributed by atoms with Crippen molar-refractivity contribution in [2.45, 2.75) is 26.3 Å². The van der Waals surface area contributed by atoms with Gasteiger partial charge in [-0.2, -0.15) is 0 Å². The Kier molecular flexibility index (Phi) is 4.90. The van der Waals surface area contributed by atoms with Gasteiger partial charge in [0.15, 0.2) is 0 Å². The van der Waals surface area contributed by atoms with E-state index in [1.807, 2.05) is 31.2 Å². The number of benzene rings is 1. The summed E-state index contributed by atoms with van der Waals surface area (Å²) in [5.74, 6) is -0.165. The van der Waals surface area contributed by atoms with Gasteiger partial charge in [0.25, 0.3) is 0 Å². The molecule has 0 bridgehead atoms. The summed E-state index contributed by atoms with van der Waals surface area (Å²) in [6.45, 7) is 3.26. The van der Waals surface area contributed by atoms with E-state index in [0.717, 1.165) is 11.3 Å². The molecule has 5 heteroatoms. The van der Waals surface area contributed by atoms with E-state index in [-0.39, 0.29) is 6.42 Å². The lowest BCUT2D eigenvalue weighted by Crippen LogP contribution is -2.15. The predicted octanol–water partition coefficient (Wildman–Crippen LogP) is 2.60. The molecule has 0 atom stereocenters. The number of nitrogens with one attached hydrogen (secondary N) is 1. The first-order chi connectivity index (χ1) is 9.65. The Morgan fingerprint density at radius 2 is 2.10 bits per heavy atom. The number of carboxylic acids is 1. The molecular weight excluding hydrogens is 256 g/mol. The molecule has 0 saturated carbocycles. The third-order valence-electron chi connectivity index (χ3n) is 2.90. The van der Waals surface area contributed by atoms with Gasteiger partial charge in [0, 0.05) is 18.5 Å². The number of carboxylic acid groups (broad SMARTS) is 1. The molecule has 2 N–H and O–H groups in total. The molecule has 0 aliphatic heterocycles. The highest BCUT2D eigenvalue weighted by molar-refractivity contribution is 5.66. The van der Waals surface area contributed by atoms with Crippen molar-refractivity contribution in [2.75, 3.05) is 6.54 Å².